The molecule has 0 fully saturated rings. The van der Waals surface area contributed by atoms with E-state index in [0.717, 1.165) is 19.2 Å². The van der Waals surface area contributed by atoms with Gasteiger partial charge < -0.3 is 14.2 Å². The Kier molecular flexibility index (Phi) is 6.87. The molecular weight excluding hydrogens is 458 g/mol. The molecule has 0 N–H and O–H groups in total. The maximum absolute atomic E-state index is 14.7. The predicted octanol–water partition coefficient (Wildman–Crippen LogP) is 5.03. The number of pyridine rings is 1. The van der Waals surface area contributed by atoms with Crippen molar-refractivity contribution in [2.75, 3.05) is 13.7 Å². The number of alkyl halides is 3. The fraction of sp³-hybridized carbons (Fsp3) is 0.250. The molecule has 0 bridgehead atoms. The van der Waals surface area contributed by atoms with Gasteiger partial charge >= 0.3 is 12.2 Å². The van der Waals surface area contributed by atoms with Gasteiger partial charge in [-0.1, -0.05) is 18.5 Å². The summed E-state index contributed by atoms with van der Waals surface area (Å²) in [5.41, 5.74) is -3.17. The summed E-state index contributed by atoms with van der Waals surface area (Å²) in [6, 6.07) is 4.44. The van der Waals surface area contributed by atoms with Crippen molar-refractivity contribution in [2.24, 2.45) is 0 Å². The Labute approximate surface area is 184 Å². The molecule has 2 heterocycles. The van der Waals surface area contributed by atoms with Gasteiger partial charge in [0.1, 0.15) is 11.6 Å². The number of ether oxygens (including phenoxy) is 3. The van der Waals surface area contributed by atoms with Crippen LogP contribution in [0.1, 0.15) is 19.0 Å². The summed E-state index contributed by atoms with van der Waals surface area (Å²) in [5, 5.41) is -0.163. The molecule has 0 radical (unpaired) electrons. The summed E-state index contributed by atoms with van der Waals surface area (Å²) >= 11 is 6.08. The van der Waals surface area contributed by atoms with Gasteiger partial charge in [0.25, 0.3) is 11.4 Å². The van der Waals surface area contributed by atoms with E-state index < -0.39 is 34.9 Å². The van der Waals surface area contributed by atoms with Gasteiger partial charge in [-0.05, 0) is 24.6 Å². The van der Waals surface area contributed by atoms with Crippen LogP contribution in [0.4, 0.5) is 17.6 Å². The van der Waals surface area contributed by atoms with Crippen molar-refractivity contribution in [3.8, 4) is 29.1 Å². The Morgan fingerprint density at radius 3 is 2.59 bits per heavy atom. The van der Waals surface area contributed by atoms with Crippen LogP contribution in [-0.4, -0.2) is 28.3 Å². The molecule has 0 aliphatic carbocycles. The first-order valence-electron chi connectivity index (χ1n) is 9.16. The second-order valence-corrected chi connectivity index (χ2v) is 6.70. The molecule has 0 saturated heterocycles. The highest BCUT2D eigenvalue weighted by Gasteiger charge is 2.35. The summed E-state index contributed by atoms with van der Waals surface area (Å²) in [7, 11) is 0.997. The third-order valence-corrected chi connectivity index (χ3v) is 4.30. The third-order valence-electron chi connectivity index (χ3n) is 4.00. The van der Waals surface area contributed by atoms with Crippen LogP contribution in [0.2, 0.25) is 5.02 Å². The van der Waals surface area contributed by atoms with Gasteiger partial charge in [0.2, 0.25) is 0 Å². The first-order valence-corrected chi connectivity index (χ1v) is 9.53. The molecule has 0 atom stereocenters. The zero-order valence-electron chi connectivity index (χ0n) is 16.7. The van der Waals surface area contributed by atoms with E-state index in [4.69, 9.17) is 25.8 Å². The van der Waals surface area contributed by atoms with Crippen LogP contribution in [-0.2, 0) is 6.18 Å². The SMILES string of the molecule is CCCOc1ncccc1Oc1cc(-n2c(OC)nc(C(F)(F)F)cc2=O)c(F)cc1Cl. The minimum Gasteiger partial charge on any atom is -0.475 e. The Morgan fingerprint density at radius 2 is 1.94 bits per heavy atom. The molecule has 0 saturated carbocycles. The van der Waals surface area contributed by atoms with E-state index >= 15 is 0 Å². The molecule has 12 heteroatoms. The first kappa shape index (κ1) is 23.3. The molecule has 0 unspecified atom stereocenters. The molecule has 7 nitrogen and oxygen atoms in total. The summed E-state index contributed by atoms with van der Waals surface area (Å²) in [6.07, 6.45) is -2.71. The molecule has 0 spiro atoms. The smallest absolute Gasteiger partial charge is 0.433 e. The molecular formula is C20H16ClF4N3O4. The molecule has 1 aromatic carbocycles. The van der Waals surface area contributed by atoms with Crippen LogP contribution in [0.5, 0.6) is 23.4 Å². The summed E-state index contributed by atoms with van der Waals surface area (Å²) in [5.74, 6) is -0.809. The van der Waals surface area contributed by atoms with Crippen LogP contribution in [0.3, 0.4) is 0 Å². The van der Waals surface area contributed by atoms with Gasteiger partial charge in [-0.3, -0.25) is 4.79 Å². The molecule has 0 aliphatic heterocycles. The fourth-order valence-corrected chi connectivity index (χ4v) is 2.80. The normalized spacial score (nSPS) is 11.3. The Bertz CT molecular complexity index is 1180. The van der Waals surface area contributed by atoms with Crippen molar-refractivity contribution in [3.63, 3.8) is 0 Å². The number of nitrogens with zero attached hydrogens (tertiary/aromatic N) is 3. The van der Waals surface area contributed by atoms with Gasteiger partial charge in [-0.25, -0.2) is 13.9 Å². The Morgan fingerprint density at radius 1 is 1.19 bits per heavy atom. The highest BCUT2D eigenvalue weighted by Crippen LogP contribution is 2.37. The Balaban J connectivity index is 2.11. The van der Waals surface area contributed by atoms with Gasteiger partial charge in [-0.15, -0.1) is 0 Å². The lowest BCUT2D eigenvalue weighted by Gasteiger charge is -2.16. The lowest BCUT2D eigenvalue weighted by atomic mass is 10.2. The van der Waals surface area contributed by atoms with E-state index in [1.54, 1.807) is 6.07 Å². The summed E-state index contributed by atoms with van der Waals surface area (Å²) < 4.78 is 70.2. The van der Waals surface area contributed by atoms with E-state index in [1.807, 2.05) is 6.92 Å². The summed E-state index contributed by atoms with van der Waals surface area (Å²) in [6.45, 7) is 2.26. The molecule has 3 aromatic rings. The minimum atomic E-state index is -4.90. The van der Waals surface area contributed by atoms with Gasteiger partial charge in [0.05, 0.1) is 24.4 Å². The number of benzene rings is 1. The maximum atomic E-state index is 14.7. The minimum absolute atomic E-state index is 0.105. The zero-order chi connectivity index (χ0) is 23.5. The number of rotatable bonds is 7. The van der Waals surface area contributed by atoms with Crippen LogP contribution in [0.25, 0.3) is 5.69 Å². The number of hydrogen-bond donors (Lipinski definition) is 0. The number of hydrogen-bond acceptors (Lipinski definition) is 6. The molecule has 2 aromatic heterocycles. The van der Waals surface area contributed by atoms with Crippen molar-refractivity contribution in [2.45, 2.75) is 19.5 Å². The average Bonchev–Trinajstić information content (AvgIpc) is 2.74. The number of methoxy groups -OCH3 is 1. The van der Waals surface area contributed by atoms with Crippen molar-refractivity contribution in [1.82, 2.24) is 14.5 Å². The highest BCUT2D eigenvalue weighted by atomic mass is 35.5. The summed E-state index contributed by atoms with van der Waals surface area (Å²) in [4.78, 5) is 19.7. The lowest BCUT2D eigenvalue weighted by Crippen LogP contribution is -2.25. The van der Waals surface area contributed by atoms with E-state index in [1.165, 1.54) is 12.3 Å². The van der Waals surface area contributed by atoms with E-state index in [0.29, 0.717) is 17.6 Å². The van der Waals surface area contributed by atoms with Gasteiger partial charge in [-0.2, -0.15) is 18.2 Å². The largest absolute Gasteiger partial charge is 0.475 e. The fourth-order valence-electron chi connectivity index (χ4n) is 2.61. The molecule has 3 rings (SSSR count). The van der Waals surface area contributed by atoms with Crippen LogP contribution < -0.4 is 19.8 Å². The average molecular weight is 474 g/mol. The second-order valence-electron chi connectivity index (χ2n) is 6.29. The molecule has 32 heavy (non-hydrogen) atoms. The Hall–Kier alpha value is -3.34. The van der Waals surface area contributed by atoms with Crippen LogP contribution >= 0.6 is 11.6 Å². The molecule has 170 valence electrons. The quantitative estimate of drug-likeness (QED) is 0.448. The number of halogens is 5. The van der Waals surface area contributed by atoms with Gasteiger partial charge in [0, 0.05) is 18.3 Å². The third kappa shape index (κ3) is 4.93. The monoisotopic (exact) mass is 473 g/mol. The van der Waals surface area contributed by atoms with Gasteiger partial charge in [0.15, 0.2) is 11.4 Å². The molecule has 0 aliphatic rings. The molecule has 0 amide bonds. The first-order chi connectivity index (χ1) is 15.2. The number of aromatic nitrogens is 3. The van der Waals surface area contributed by atoms with E-state index in [9.17, 15) is 22.4 Å². The van der Waals surface area contributed by atoms with Crippen molar-refractivity contribution in [1.29, 1.82) is 0 Å². The lowest BCUT2D eigenvalue weighted by molar-refractivity contribution is -0.141. The zero-order valence-corrected chi connectivity index (χ0v) is 17.5. The van der Waals surface area contributed by atoms with E-state index in [-0.39, 0.29) is 28.5 Å². The maximum Gasteiger partial charge on any atom is 0.433 e. The second kappa shape index (κ2) is 9.43. The topological polar surface area (TPSA) is 75.5 Å². The van der Waals surface area contributed by atoms with Crippen LogP contribution in [0.15, 0.2) is 41.3 Å². The predicted molar refractivity (Wildman–Crippen MR) is 106 cm³/mol. The van der Waals surface area contributed by atoms with Crippen LogP contribution in [0, 0.1) is 5.82 Å². The van der Waals surface area contributed by atoms with Crippen molar-refractivity contribution >= 4 is 11.6 Å². The standard InChI is InChI=1S/C20H16ClF4N3O4/c1-3-7-31-18-14(5-4-6-26-18)32-15-9-13(12(22)8-11(15)21)28-17(29)10-16(20(23,24)25)27-19(28)30-2/h4-6,8-10H,3,7H2,1-2H3. The van der Waals surface area contributed by atoms with Crippen molar-refractivity contribution < 1.29 is 31.8 Å². The van der Waals surface area contributed by atoms with Crippen molar-refractivity contribution in [3.05, 3.63) is 63.4 Å². The van der Waals surface area contributed by atoms with E-state index in [2.05, 4.69) is 9.97 Å². The highest BCUT2D eigenvalue weighted by molar-refractivity contribution is 6.32.